The summed E-state index contributed by atoms with van der Waals surface area (Å²) in [6.45, 7) is 1.15. The topological polar surface area (TPSA) is 35.8 Å². The van der Waals surface area contributed by atoms with Gasteiger partial charge in [0.25, 0.3) is 0 Å². The van der Waals surface area contributed by atoms with Crippen molar-refractivity contribution in [3.63, 3.8) is 0 Å². The van der Waals surface area contributed by atoms with Crippen LogP contribution in [-0.4, -0.2) is 6.54 Å². The summed E-state index contributed by atoms with van der Waals surface area (Å²) < 4.78 is 0. The minimum atomic E-state index is 0.497. The lowest BCUT2D eigenvalue weighted by molar-refractivity contribution is -0.00492. The van der Waals surface area contributed by atoms with Gasteiger partial charge in [0, 0.05) is 6.04 Å². The molecule has 1 spiro atoms. The standard InChI is InChI=1S/C18H22N2/c19-12-13-1-3-15(4-2-13)17-11-18(7-8-20-17)9-16(10-18)14-5-6-14/h1-4,14,16-17,20H,5-11H2/t16?,17-,18?/m0/s1. The minimum absolute atomic E-state index is 0.497. The molecule has 1 aromatic carbocycles. The molecule has 0 unspecified atom stereocenters. The van der Waals surface area contributed by atoms with Crippen LogP contribution in [-0.2, 0) is 0 Å². The number of hydrogen-bond acceptors (Lipinski definition) is 2. The van der Waals surface area contributed by atoms with Crippen LogP contribution < -0.4 is 5.32 Å². The zero-order chi connectivity index (χ0) is 13.6. The van der Waals surface area contributed by atoms with Crippen molar-refractivity contribution in [1.29, 1.82) is 5.26 Å². The Morgan fingerprint density at radius 1 is 1.05 bits per heavy atom. The smallest absolute Gasteiger partial charge is 0.0991 e. The van der Waals surface area contributed by atoms with Crippen molar-refractivity contribution < 1.29 is 0 Å². The molecule has 1 aromatic rings. The van der Waals surface area contributed by atoms with Crippen LogP contribution in [0.25, 0.3) is 0 Å². The molecule has 20 heavy (non-hydrogen) atoms. The van der Waals surface area contributed by atoms with Gasteiger partial charge in [-0.1, -0.05) is 12.1 Å². The molecule has 0 bridgehead atoms. The maximum absolute atomic E-state index is 8.89. The van der Waals surface area contributed by atoms with E-state index in [9.17, 15) is 0 Å². The van der Waals surface area contributed by atoms with Gasteiger partial charge in [0.15, 0.2) is 0 Å². The third-order valence-electron chi connectivity index (χ3n) is 5.80. The number of hydrogen-bond donors (Lipinski definition) is 1. The Kier molecular flexibility index (Phi) is 2.86. The summed E-state index contributed by atoms with van der Waals surface area (Å²) in [5, 5.41) is 12.6. The fourth-order valence-electron chi connectivity index (χ4n) is 4.47. The van der Waals surface area contributed by atoms with Gasteiger partial charge in [-0.3, -0.25) is 0 Å². The molecule has 2 saturated carbocycles. The predicted molar refractivity (Wildman–Crippen MR) is 79.0 cm³/mol. The van der Waals surface area contributed by atoms with Crippen LogP contribution in [0.3, 0.4) is 0 Å². The first-order valence-electron chi connectivity index (χ1n) is 8.01. The molecule has 1 saturated heterocycles. The average Bonchev–Trinajstić information content (AvgIpc) is 3.29. The zero-order valence-electron chi connectivity index (χ0n) is 11.9. The van der Waals surface area contributed by atoms with Gasteiger partial charge < -0.3 is 5.32 Å². The second-order valence-electron chi connectivity index (χ2n) is 7.20. The lowest BCUT2D eigenvalue weighted by Crippen LogP contribution is -2.47. The summed E-state index contributed by atoms with van der Waals surface area (Å²) in [5.41, 5.74) is 2.76. The predicted octanol–water partition coefficient (Wildman–Crippen LogP) is 3.79. The SMILES string of the molecule is N#Cc1ccc([C@@H]2CC3(CCN2)CC(C2CC2)C3)cc1. The third-order valence-corrected chi connectivity index (χ3v) is 5.80. The normalized spacial score (nSPS) is 36.4. The molecule has 0 aromatic heterocycles. The van der Waals surface area contributed by atoms with E-state index in [0.717, 1.165) is 23.9 Å². The van der Waals surface area contributed by atoms with E-state index in [2.05, 4.69) is 23.5 Å². The molecule has 1 heterocycles. The number of nitrogens with one attached hydrogen (secondary N) is 1. The largest absolute Gasteiger partial charge is 0.310 e. The van der Waals surface area contributed by atoms with Crippen molar-refractivity contribution in [3.05, 3.63) is 35.4 Å². The number of nitrogens with zero attached hydrogens (tertiary/aromatic N) is 1. The van der Waals surface area contributed by atoms with Crippen molar-refractivity contribution >= 4 is 0 Å². The van der Waals surface area contributed by atoms with Crippen LogP contribution in [0.15, 0.2) is 24.3 Å². The van der Waals surface area contributed by atoms with Crippen molar-refractivity contribution in [3.8, 4) is 6.07 Å². The van der Waals surface area contributed by atoms with E-state index < -0.39 is 0 Å². The van der Waals surface area contributed by atoms with Gasteiger partial charge in [-0.15, -0.1) is 0 Å². The molecule has 2 heteroatoms. The first-order valence-corrected chi connectivity index (χ1v) is 8.01. The molecule has 3 aliphatic rings. The van der Waals surface area contributed by atoms with Crippen molar-refractivity contribution in [2.75, 3.05) is 6.54 Å². The van der Waals surface area contributed by atoms with Crippen LogP contribution in [0.1, 0.15) is 55.7 Å². The van der Waals surface area contributed by atoms with Gasteiger partial charge in [0.05, 0.1) is 11.6 Å². The van der Waals surface area contributed by atoms with Gasteiger partial charge in [-0.25, -0.2) is 0 Å². The summed E-state index contributed by atoms with van der Waals surface area (Å²) in [5.74, 6) is 2.14. The van der Waals surface area contributed by atoms with Gasteiger partial charge in [0.2, 0.25) is 0 Å². The van der Waals surface area contributed by atoms with Crippen LogP contribution in [0.4, 0.5) is 0 Å². The summed E-state index contributed by atoms with van der Waals surface area (Å²) in [6, 6.07) is 10.9. The van der Waals surface area contributed by atoms with E-state index in [1.54, 1.807) is 0 Å². The summed E-state index contributed by atoms with van der Waals surface area (Å²) in [4.78, 5) is 0. The Balaban J connectivity index is 1.45. The van der Waals surface area contributed by atoms with Gasteiger partial charge >= 0.3 is 0 Å². The highest BCUT2D eigenvalue weighted by Gasteiger charge is 2.51. The monoisotopic (exact) mass is 266 g/mol. The fraction of sp³-hybridized carbons (Fsp3) is 0.611. The maximum Gasteiger partial charge on any atom is 0.0991 e. The lowest BCUT2D eigenvalue weighted by atomic mass is 9.55. The van der Waals surface area contributed by atoms with E-state index in [1.807, 2.05) is 12.1 Å². The molecule has 3 fully saturated rings. The van der Waals surface area contributed by atoms with E-state index in [1.165, 1.54) is 44.1 Å². The Morgan fingerprint density at radius 2 is 1.80 bits per heavy atom. The summed E-state index contributed by atoms with van der Waals surface area (Å²) in [7, 11) is 0. The molecule has 2 aliphatic carbocycles. The third kappa shape index (κ3) is 2.15. The maximum atomic E-state index is 8.89. The number of piperidine rings is 1. The van der Waals surface area contributed by atoms with E-state index in [0.29, 0.717) is 11.5 Å². The van der Waals surface area contributed by atoms with E-state index in [-0.39, 0.29) is 0 Å². The molecule has 0 amide bonds. The molecular formula is C18H22N2. The number of benzene rings is 1. The lowest BCUT2D eigenvalue weighted by Gasteiger charge is -2.53. The van der Waals surface area contributed by atoms with Crippen LogP contribution in [0.5, 0.6) is 0 Å². The minimum Gasteiger partial charge on any atom is -0.310 e. The number of nitriles is 1. The summed E-state index contributed by atoms with van der Waals surface area (Å²) in [6.07, 6.45) is 8.61. The molecule has 1 N–H and O–H groups in total. The van der Waals surface area contributed by atoms with Crippen molar-refractivity contribution in [1.82, 2.24) is 5.32 Å². The van der Waals surface area contributed by atoms with E-state index in [4.69, 9.17) is 5.26 Å². The highest BCUT2D eigenvalue weighted by atomic mass is 14.9. The van der Waals surface area contributed by atoms with Crippen LogP contribution in [0.2, 0.25) is 0 Å². The van der Waals surface area contributed by atoms with Crippen molar-refractivity contribution in [2.24, 2.45) is 17.3 Å². The Labute approximate surface area is 121 Å². The fourth-order valence-corrected chi connectivity index (χ4v) is 4.47. The average molecular weight is 266 g/mol. The van der Waals surface area contributed by atoms with Crippen LogP contribution in [0, 0.1) is 28.6 Å². The Morgan fingerprint density at radius 3 is 2.45 bits per heavy atom. The van der Waals surface area contributed by atoms with Crippen molar-refractivity contribution in [2.45, 2.75) is 44.6 Å². The molecule has 4 rings (SSSR count). The van der Waals surface area contributed by atoms with Gasteiger partial charge in [-0.05, 0) is 80.0 Å². The molecule has 2 nitrogen and oxygen atoms in total. The quantitative estimate of drug-likeness (QED) is 0.884. The first kappa shape index (κ1) is 12.4. The number of rotatable bonds is 2. The first-order chi connectivity index (χ1) is 9.78. The van der Waals surface area contributed by atoms with Gasteiger partial charge in [-0.2, -0.15) is 5.26 Å². The highest BCUT2D eigenvalue weighted by molar-refractivity contribution is 5.33. The molecular weight excluding hydrogens is 244 g/mol. The molecule has 1 atom stereocenters. The van der Waals surface area contributed by atoms with E-state index >= 15 is 0 Å². The second-order valence-corrected chi connectivity index (χ2v) is 7.20. The second kappa shape index (κ2) is 4.60. The van der Waals surface area contributed by atoms with Gasteiger partial charge in [0.1, 0.15) is 0 Å². The Bertz CT molecular complexity index is 530. The molecule has 1 aliphatic heterocycles. The van der Waals surface area contributed by atoms with Crippen LogP contribution >= 0.6 is 0 Å². The zero-order valence-corrected chi connectivity index (χ0v) is 11.9. The highest BCUT2D eigenvalue weighted by Crippen LogP contribution is 2.60. The molecule has 0 radical (unpaired) electrons. The molecule has 104 valence electrons. The Hall–Kier alpha value is -1.33. The summed E-state index contributed by atoms with van der Waals surface area (Å²) >= 11 is 0.